The summed E-state index contributed by atoms with van der Waals surface area (Å²) < 4.78 is 38.0. The summed E-state index contributed by atoms with van der Waals surface area (Å²) in [5, 5.41) is 7.13. The Balaban J connectivity index is 2.61. The predicted octanol–water partition coefficient (Wildman–Crippen LogP) is 2.41. The van der Waals surface area contributed by atoms with Gasteiger partial charge in [-0.15, -0.1) is 0 Å². The molecule has 16 heavy (non-hydrogen) atoms. The maximum Gasteiger partial charge on any atom is 0.389 e. The molecule has 0 bridgehead atoms. The van der Waals surface area contributed by atoms with Gasteiger partial charge in [0.2, 0.25) is 0 Å². The first-order valence-electron chi connectivity index (χ1n) is 5.22. The number of rotatable bonds is 5. The highest BCUT2D eigenvalue weighted by molar-refractivity contribution is 5.05. The number of halogens is 3. The van der Waals surface area contributed by atoms with Gasteiger partial charge in [0.15, 0.2) is 0 Å². The van der Waals surface area contributed by atoms with Crippen molar-refractivity contribution < 1.29 is 13.2 Å². The van der Waals surface area contributed by atoms with Crippen LogP contribution < -0.4 is 5.32 Å². The van der Waals surface area contributed by atoms with Crippen LogP contribution in [0.4, 0.5) is 13.2 Å². The van der Waals surface area contributed by atoms with E-state index in [1.54, 1.807) is 24.0 Å². The van der Waals surface area contributed by atoms with Crippen molar-refractivity contribution in [2.75, 3.05) is 6.54 Å². The molecular formula is C10H16F3N3. The topological polar surface area (TPSA) is 29.9 Å². The summed E-state index contributed by atoms with van der Waals surface area (Å²) in [4.78, 5) is 0. The quantitative estimate of drug-likeness (QED) is 0.849. The van der Waals surface area contributed by atoms with Crippen LogP contribution in [0.15, 0.2) is 12.3 Å². The summed E-state index contributed by atoms with van der Waals surface area (Å²) in [6.45, 7) is 2.49. The summed E-state index contributed by atoms with van der Waals surface area (Å²) in [5.41, 5.74) is 0.661. The summed E-state index contributed by atoms with van der Waals surface area (Å²) >= 11 is 0. The highest BCUT2D eigenvalue weighted by Crippen LogP contribution is 2.26. The number of aromatic nitrogens is 2. The smallest absolute Gasteiger partial charge is 0.309 e. The zero-order valence-corrected chi connectivity index (χ0v) is 9.38. The van der Waals surface area contributed by atoms with E-state index in [0.29, 0.717) is 12.2 Å². The molecule has 0 amide bonds. The molecule has 0 radical (unpaired) electrons. The van der Waals surface area contributed by atoms with Crippen molar-refractivity contribution in [1.82, 2.24) is 15.1 Å². The fourth-order valence-electron chi connectivity index (χ4n) is 1.53. The molecule has 0 saturated heterocycles. The summed E-state index contributed by atoms with van der Waals surface area (Å²) in [6.07, 6.45) is -3.15. The van der Waals surface area contributed by atoms with Crippen LogP contribution in [0, 0.1) is 0 Å². The van der Waals surface area contributed by atoms with Crippen molar-refractivity contribution >= 4 is 0 Å². The van der Waals surface area contributed by atoms with Gasteiger partial charge in [-0.2, -0.15) is 18.3 Å². The van der Waals surface area contributed by atoms with E-state index in [-0.39, 0.29) is 12.5 Å². The molecule has 1 rings (SSSR count). The first kappa shape index (κ1) is 13.0. The Labute approximate surface area is 92.6 Å². The van der Waals surface area contributed by atoms with Crippen LogP contribution in [0.2, 0.25) is 0 Å². The number of hydrogen-bond donors (Lipinski definition) is 1. The lowest BCUT2D eigenvalue weighted by Crippen LogP contribution is -2.23. The fourth-order valence-corrected chi connectivity index (χ4v) is 1.53. The van der Waals surface area contributed by atoms with Gasteiger partial charge in [0.25, 0.3) is 0 Å². The van der Waals surface area contributed by atoms with Gasteiger partial charge < -0.3 is 5.32 Å². The minimum absolute atomic E-state index is 0.0222. The van der Waals surface area contributed by atoms with Crippen molar-refractivity contribution in [3.63, 3.8) is 0 Å². The van der Waals surface area contributed by atoms with Crippen LogP contribution in [-0.2, 0) is 7.05 Å². The van der Waals surface area contributed by atoms with E-state index in [1.165, 1.54) is 0 Å². The molecule has 1 unspecified atom stereocenters. The largest absolute Gasteiger partial charge is 0.389 e. The minimum Gasteiger partial charge on any atom is -0.309 e. The van der Waals surface area contributed by atoms with Gasteiger partial charge in [0, 0.05) is 19.7 Å². The third kappa shape index (κ3) is 4.22. The Morgan fingerprint density at radius 2 is 2.19 bits per heavy atom. The number of nitrogens with one attached hydrogen (secondary N) is 1. The Bertz CT molecular complexity index is 319. The number of hydrogen-bond acceptors (Lipinski definition) is 2. The second kappa shape index (κ2) is 5.34. The van der Waals surface area contributed by atoms with Crippen LogP contribution in [0.25, 0.3) is 0 Å². The van der Waals surface area contributed by atoms with Gasteiger partial charge in [0.1, 0.15) is 0 Å². The van der Waals surface area contributed by atoms with Gasteiger partial charge in [-0.1, -0.05) is 6.92 Å². The SMILES string of the molecule is CCNC(CCC(F)(F)F)c1ccn(C)n1. The number of nitrogens with zero attached hydrogens (tertiary/aromatic N) is 2. The summed E-state index contributed by atoms with van der Waals surface area (Å²) in [5.74, 6) is 0. The van der Waals surface area contributed by atoms with E-state index in [2.05, 4.69) is 10.4 Å². The van der Waals surface area contributed by atoms with Crippen molar-refractivity contribution in [1.29, 1.82) is 0 Å². The maximum atomic E-state index is 12.1. The highest BCUT2D eigenvalue weighted by atomic mass is 19.4. The lowest BCUT2D eigenvalue weighted by atomic mass is 10.1. The second-order valence-electron chi connectivity index (χ2n) is 3.68. The monoisotopic (exact) mass is 235 g/mol. The molecule has 1 aromatic rings. The molecule has 0 aromatic carbocycles. The van der Waals surface area contributed by atoms with Crippen molar-refractivity contribution in [2.24, 2.45) is 7.05 Å². The third-order valence-corrected chi connectivity index (χ3v) is 2.26. The lowest BCUT2D eigenvalue weighted by molar-refractivity contribution is -0.136. The minimum atomic E-state index is -4.11. The lowest BCUT2D eigenvalue weighted by Gasteiger charge is -2.16. The van der Waals surface area contributed by atoms with Crippen LogP contribution in [0.1, 0.15) is 31.5 Å². The standard InChI is InChI=1S/C10H16F3N3/c1-3-14-8(4-6-10(11,12)13)9-5-7-16(2)15-9/h5,7-8,14H,3-4,6H2,1-2H3. The Morgan fingerprint density at radius 1 is 1.50 bits per heavy atom. The molecule has 92 valence electrons. The van der Waals surface area contributed by atoms with Crippen LogP contribution in [0.3, 0.4) is 0 Å². The van der Waals surface area contributed by atoms with E-state index in [1.807, 2.05) is 6.92 Å². The van der Waals surface area contributed by atoms with Crippen molar-refractivity contribution in [3.05, 3.63) is 18.0 Å². The highest BCUT2D eigenvalue weighted by Gasteiger charge is 2.29. The molecule has 1 atom stereocenters. The molecular weight excluding hydrogens is 219 g/mol. The molecule has 1 N–H and O–H groups in total. The zero-order valence-electron chi connectivity index (χ0n) is 9.38. The van der Waals surface area contributed by atoms with Gasteiger partial charge in [-0.3, -0.25) is 4.68 Å². The predicted molar refractivity (Wildman–Crippen MR) is 54.9 cm³/mol. The van der Waals surface area contributed by atoms with Gasteiger partial charge in [-0.05, 0) is 19.0 Å². The second-order valence-corrected chi connectivity index (χ2v) is 3.68. The third-order valence-electron chi connectivity index (χ3n) is 2.26. The molecule has 1 heterocycles. The van der Waals surface area contributed by atoms with Gasteiger partial charge in [0.05, 0.1) is 11.7 Å². The van der Waals surface area contributed by atoms with Crippen LogP contribution in [-0.4, -0.2) is 22.5 Å². The average Bonchev–Trinajstić information content (AvgIpc) is 2.57. The Morgan fingerprint density at radius 3 is 2.62 bits per heavy atom. The van der Waals surface area contributed by atoms with Crippen LogP contribution >= 0.6 is 0 Å². The maximum absolute atomic E-state index is 12.1. The van der Waals surface area contributed by atoms with Gasteiger partial charge in [-0.25, -0.2) is 0 Å². The fraction of sp³-hybridized carbons (Fsp3) is 0.700. The molecule has 1 aromatic heterocycles. The van der Waals surface area contributed by atoms with Crippen molar-refractivity contribution in [2.45, 2.75) is 32.0 Å². The number of aryl methyl sites for hydroxylation is 1. The molecule has 0 aliphatic rings. The molecule has 3 nitrogen and oxygen atoms in total. The summed E-state index contributed by atoms with van der Waals surface area (Å²) in [6, 6.07) is 1.41. The Kier molecular flexibility index (Phi) is 4.35. The van der Waals surface area contributed by atoms with Crippen molar-refractivity contribution in [3.8, 4) is 0 Å². The van der Waals surface area contributed by atoms with E-state index < -0.39 is 12.6 Å². The number of alkyl halides is 3. The zero-order chi connectivity index (χ0) is 12.2. The average molecular weight is 235 g/mol. The van der Waals surface area contributed by atoms with E-state index in [9.17, 15) is 13.2 Å². The Hall–Kier alpha value is -1.04. The molecule has 0 aliphatic heterocycles. The van der Waals surface area contributed by atoms with E-state index in [4.69, 9.17) is 0 Å². The van der Waals surface area contributed by atoms with E-state index >= 15 is 0 Å². The molecule has 0 spiro atoms. The summed E-state index contributed by atoms with van der Waals surface area (Å²) in [7, 11) is 1.75. The molecule has 6 heteroatoms. The molecule has 0 saturated carbocycles. The van der Waals surface area contributed by atoms with Gasteiger partial charge >= 0.3 is 6.18 Å². The first-order valence-corrected chi connectivity index (χ1v) is 5.22. The van der Waals surface area contributed by atoms with E-state index in [0.717, 1.165) is 0 Å². The molecule has 0 fully saturated rings. The first-order chi connectivity index (χ1) is 7.42. The molecule has 0 aliphatic carbocycles. The normalized spacial score (nSPS) is 14.1. The van der Waals surface area contributed by atoms with Crippen LogP contribution in [0.5, 0.6) is 0 Å².